The molecule has 10 heteroatoms. The second-order valence-electron chi connectivity index (χ2n) is 2.94. The number of nitrogens with one attached hydrogen (secondary N) is 1. The Morgan fingerprint density at radius 2 is 2.06 bits per heavy atom. The minimum Gasteiger partial charge on any atom is -0.478 e. The van der Waals surface area contributed by atoms with Crippen LogP contribution in [0.4, 0.5) is 19.1 Å². The molecule has 0 radical (unpaired) electrons. The number of alkyl halides is 4. The van der Waals surface area contributed by atoms with Gasteiger partial charge in [0, 0.05) is 6.20 Å². The van der Waals surface area contributed by atoms with Crippen LogP contribution in [-0.4, -0.2) is 33.1 Å². The number of hydrogen-bond donors (Lipinski definition) is 2. The van der Waals surface area contributed by atoms with Gasteiger partial charge in [-0.25, -0.2) is 14.8 Å². The molecule has 0 aliphatic rings. The van der Waals surface area contributed by atoms with Gasteiger partial charge in [0.15, 0.2) is 0 Å². The fourth-order valence-electron chi connectivity index (χ4n) is 0.930. The van der Waals surface area contributed by atoms with E-state index in [4.69, 9.17) is 16.7 Å². The van der Waals surface area contributed by atoms with E-state index in [1.54, 1.807) is 0 Å². The summed E-state index contributed by atoms with van der Waals surface area (Å²) >= 11 is 5.39. The summed E-state index contributed by atoms with van der Waals surface area (Å²) in [4.78, 5) is 27.9. The van der Waals surface area contributed by atoms with Crippen LogP contribution in [0.2, 0.25) is 0 Å². The highest BCUT2D eigenvalue weighted by Gasteiger charge is 2.39. The van der Waals surface area contributed by atoms with Crippen LogP contribution in [0.5, 0.6) is 0 Å². The first-order valence-corrected chi connectivity index (χ1v) is 4.82. The molecule has 1 amide bonds. The van der Waals surface area contributed by atoms with E-state index in [9.17, 15) is 22.8 Å². The van der Waals surface area contributed by atoms with Gasteiger partial charge in [0.05, 0.1) is 11.6 Å². The van der Waals surface area contributed by atoms with E-state index in [2.05, 4.69) is 9.97 Å². The van der Waals surface area contributed by atoms with Crippen LogP contribution in [0.15, 0.2) is 6.20 Å². The minimum atomic E-state index is -5.09. The van der Waals surface area contributed by atoms with Gasteiger partial charge in [0.2, 0.25) is 5.95 Å². The van der Waals surface area contributed by atoms with E-state index in [0.29, 0.717) is 0 Å². The van der Waals surface area contributed by atoms with Gasteiger partial charge in [-0.1, -0.05) is 0 Å². The van der Waals surface area contributed by atoms with Gasteiger partial charge in [0.1, 0.15) is 5.56 Å². The number of carboxylic acid groups (broad SMARTS) is 1. The Balaban J connectivity index is 3.00. The van der Waals surface area contributed by atoms with Crippen LogP contribution < -0.4 is 5.32 Å². The normalized spacial score (nSPS) is 11.1. The molecule has 1 aromatic rings. The molecular weight excluding hydrogens is 279 g/mol. The molecule has 1 rings (SSSR count). The number of halogens is 4. The van der Waals surface area contributed by atoms with Gasteiger partial charge in [-0.3, -0.25) is 10.1 Å². The van der Waals surface area contributed by atoms with Crippen molar-refractivity contribution in [1.29, 1.82) is 0 Å². The zero-order valence-corrected chi connectivity index (χ0v) is 9.21. The number of aromatic carboxylic acids is 1. The Hall–Kier alpha value is -1.90. The third-order valence-corrected chi connectivity index (χ3v) is 1.96. The van der Waals surface area contributed by atoms with Crippen molar-refractivity contribution in [3.8, 4) is 0 Å². The molecule has 0 bridgehead atoms. The van der Waals surface area contributed by atoms with Gasteiger partial charge in [-0.15, -0.1) is 11.6 Å². The number of rotatable bonds is 3. The van der Waals surface area contributed by atoms with Crippen LogP contribution in [0, 0.1) is 0 Å². The Morgan fingerprint density at radius 1 is 1.44 bits per heavy atom. The zero-order chi connectivity index (χ0) is 13.9. The Morgan fingerprint density at radius 3 is 2.50 bits per heavy atom. The monoisotopic (exact) mass is 283 g/mol. The average Bonchev–Trinajstić information content (AvgIpc) is 2.27. The maximum Gasteiger partial charge on any atom is 0.471 e. The lowest BCUT2D eigenvalue weighted by atomic mass is 10.2. The van der Waals surface area contributed by atoms with Crippen molar-refractivity contribution >= 4 is 29.4 Å². The highest BCUT2D eigenvalue weighted by molar-refractivity contribution is 6.17. The number of carbonyl (C=O) groups excluding carboxylic acids is 1. The number of nitrogens with zero attached hydrogens (tertiary/aromatic N) is 2. The fourth-order valence-corrected chi connectivity index (χ4v) is 1.13. The summed E-state index contributed by atoms with van der Waals surface area (Å²) in [6.45, 7) is 0. The van der Waals surface area contributed by atoms with Gasteiger partial charge in [0.25, 0.3) is 0 Å². The molecule has 0 unspecified atom stereocenters. The summed E-state index contributed by atoms with van der Waals surface area (Å²) in [7, 11) is 0. The molecule has 6 nitrogen and oxygen atoms in total. The van der Waals surface area contributed by atoms with Crippen molar-refractivity contribution < 1.29 is 27.9 Å². The number of anilines is 1. The molecular formula is C8H5ClF3N3O3. The van der Waals surface area contributed by atoms with Crippen molar-refractivity contribution in [2.45, 2.75) is 12.1 Å². The van der Waals surface area contributed by atoms with Crippen molar-refractivity contribution in [3.63, 3.8) is 0 Å². The second-order valence-corrected chi connectivity index (χ2v) is 3.21. The molecule has 0 aliphatic carbocycles. The maximum absolute atomic E-state index is 11.9. The van der Waals surface area contributed by atoms with Crippen molar-refractivity contribution in [1.82, 2.24) is 9.97 Å². The van der Waals surface area contributed by atoms with Crippen molar-refractivity contribution in [2.75, 3.05) is 5.32 Å². The highest BCUT2D eigenvalue weighted by atomic mass is 35.5. The summed E-state index contributed by atoms with van der Waals surface area (Å²) in [6.07, 6.45) is -4.32. The van der Waals surface area contributed by atoms with E-state index in [0.717, 1.165) is 6.20 Å². The molecule has 0 atom stereocenters. The van der Waals surface area contributed by atoms with Crippen LogP contribution in [0.3, 0.4) is 0 Å². The smallest absolute Gasteiger partial charge is 0.471 e. The molecule has 0 saturated heterocycles. The maximum atomic E-state index is 11.9. The lowest BCUT2D eigenvalue weighted by Crippen LogP contribution is -2.31. The van der Waals surface area contributed by atoms with Crippen LogP contribution in [-0.2, 0) is 10.7 Å². The lowest BCUT2D eigenvalue weighted by molar-refractivity contribution is -0.167. The van der Waals surface area contributed by atoms with E-state index in [-0.39, 0.29) is 17.1 Å². The summed E-state index contributed by atoms with van der Waals surface area (Å²) in [5.41, 5.74) is -0.549. The van der Waals surface area contributed by atoms with Gasteiger partial charge in [-0.05, 0) is 0 Å². The standard InChI is InChI=1S/C8H5ClF3N3O3/c9-1-4-3(5(16)17)2-13-7(14-4)15-6(18)8(10,11)12/h2H,1H2,(H,16,17)(H,13,14,15,18). The molecule has 98 valence electrons. The Labute approximate surface area is 103 Å². The predicted octanol–water partition coefficient (Wildman–Crippen LogP) is 1.41. The van der Waals surface area contributed by atoms with Crippen molar-refractivity contribution in [2.24, 2.45) is 0 Å². The molecule has 0 aromatic carbocycles. The Kier molecular flexibility index (Phi) is 4.07. The molecule has 18 heavy (non-hydrogen) atoms. The second kappa shape index (κ2) is 5.17. The van der Waals surface area contributed by atoms with E-state index in [1.165, 1.54) is 5.32 Å². The summed E-state index contributed by atoms with van der Waals surface area (Å²) in [5, 5.41) is 10.1. The molecule has 1 heterocycles. The molecule has 1 aromatic heterocycles. The van der Waals surface area contributed by atoms with Crippen LogP contribution in [0.1, 0.15) is 16.1 Å². The fraction of sp³-hybridized carbons (Fsp3) is 0.250. The van der Waals surface area contributed by atoms with E-state index < -0.39 is 24.0 Å². The number of amides is 1. The zero-order valence-electron chi connectivity index (χ0n) is 8.45. The van der Waals surface area contributed by atoms with Gasteiger partial charge < -0.3 is 5.11 Å². The van der Waals surface area contributed by atoms with Gasteiger partial charge >= 0.3 is 18.1 Å². The third kappa shape index (κ3) is 3.29. The SMILES string of the molecule is O=C(O)c1cnc(NC(=O)C(F)(F)F)nc1CCl. The quantitative estimate of drug-likeness (QED) is 0.818. The number of hydrogen-bond acceptors (Lipinski definition) is 4. The largest absolute Gasteiger partial charge is 0.478 e. The first-order chi connectivity index (χ1) is 8.25. The third-order valence-electron chi connectivity index (χ3n) is 1.71. The van der Waals surface area contributed by atoms with Crippen LogP contribution >= 0.6 is 11.6 Å². The number of aromatic nitrogens is 2. The lowest BCUT2D eigenvalue weighted by Gasteiger charge is -2.08. The number of carbonyl (C=O) groups is 2. The molecule has 2 N–H and O–H groups in total. The minimum absolute atomic E-state index is 0.198. The van der Waals surface area contributed by atoms with E-state index >= 15 is 0 Å². The molecule has 0 fully saturated rings. The Bertz CT molecular complexity index is 492. The van der Waals surface area contributed by atoms with Gasteiger partial charge in [-0.2, -0.15) is 13.2 Å². The predicted molar refractivity (Wildman–Crippen MR) is 53.2 cm³/mol. The first-order valence-electron chi connectivity index (χ1n) is 4.29. The molecule has 0 aliphatic heterocycles. The summed E-state index contributed by atoms with van der Waals surface area (Å²) < 4.78 is 35.8. The molecule has 0 spiro atoms. The van der Waals surface area contributed by atoms with Crippen molar-refractivity contribution in [3.05, 3.63) is 17.5 Å². The molecule has 0 saturated carbocycles. The van der Waals surface area contributed by atoms with Crippen LogP contribution in [0.25, 0.3) is 0 Å². The number of carboxylic acids is 1. The average molecular weight is 284 g/mol. The summed E-state index contributed by atoms with van der Waals surface area (Å²) in [6, 6.07) is 0. The van der Waals surface area contributed by atoms with E-state index in [1.807, 2.05) is 0 Å². The highest BCUT2D eigenvalue weighted by Crippen LogP contribution is 2.17. The topological polar surface area (TPSA) is 92.2 Å². The summed E-state index contributed by atoms with van der Waals surface area (Å²) in [5.74, 6) is -4.65. The first kappa shape index (κ1) is 14.2.